The standard InChI is InChI=1S/C9H17N3O2/c1-14-9(13)12-6-8(7-12)11-4-2-10-3-5-11/h8,10H,2-7H2,1H3. The van der Waals surface area contributed by atoms with Gasteiger partial charge in [-0.1, -0.05) is 0 Å². The Balaban J connectivity index is 1.73. The lowest BCUT2D eigenvalue weighted by molar-refractivity contribution is 0.0243. The van der Waals surface area contributed by atoms with Gasteiger partial charge in [0.1, 0.15) is 0 Å². The van der Waals surface area contributed by atoms with E-state index in [1.165, 1.54) is 7.11 Å². The number of rotatable bonds is 1. The first-order valence-corrected chi connectivity index (χ1v) is 5.09. The average molecular weight is 199 g/mol. The zero-order valence-electron chi connectivity index (χ0n) is 8.53. The fraction of sp³-hybridized carbons (Fsp3) is 0.889. The number of hydrogen-bond donors (Lipinski definition) is 1. The lowest BCUT2D eigenvalue weighted by Crippen LogP contribution is -2.63. The molecule has 1 N–H and O–H groups in total. The van der Waals surface area contributed by atoms with Crippen molar-refractivity contribution in [2.75, 3.05) is 46.4 Å². The van der Waals surface area contributed by atoms with Crippen molar-refractivity contribution in [3.63, 3.8) is 0 Å². The molecule has 0 saturated carbocycles. The lowest BCUT2D eigenvalue weighted by Gasteiger charge is -2.45. The molecule has 2 aliphatic rings. The zero-order valence-corrected chi connectivity index (χ0v) is 8.53. The summed E-state index contributed by atoms with van der Waals surface area (Å²) in [6.45, 7) is 5.97. The van der Waals surface area contributed by atoms with E-state index in [0.29, 0.717) is 6.04 Å². The molecule has 0 atom stereocenters. The monoisotopic (exact) mass is 199 g/mol. The molecule has 0 aromatic heterocycles. The van der Waals surface area contributed by atoms with E-state index in [0.717, 1.165) is 39.3 Å². The summed E-state index contributed by atoms with van der Waals surface area (Å²) < 4.78 is 4.65. The van der Waals surface area contributed by atoms with Crippen LogP contribution in [-0.2, 0) is 4.74 Å². The van der Waals surface area contributed by atoms with Crippen molar-refractivity contribution in [3.05, 3.63) is 0 Å². The third-order valence-corrected chi connectivity index (χ3v) is 2.96. The molecule has 14 heavy (non-hydrogen) atoms. The highest BCUT2D eigenvalue weighted by Gasteiger charge is 2.35. The van der Waals surface area contributed by atoms with Gasteiger partial charge in [0.25, 0.3) is 0 Å². The Morgan fingerprint density at radius 3 is 2.57 bits per heavy atom. The number of likely N-dealkylation sites (tertiary alicyclic amines) is 1. The number of carbonyl (C=O) groups excluding carboxylic acids is 1. The van der Waals surface area contributed by atoms with E-state index in [-0.39, 0.29) is 6.09 Å². The van der Waals surface area contributed by atoms with Crippen LogP contribution in [0.1, 0.15) is 0 Å². The summed E-state index contributed by atoms with van der Waals surface area (Å²) >= 11 is 0. The SMILES string of the molecule is COC(=O)N1CC(N2CCNCC2)C1. The van der Waals surface area contributed by atoms with Gasteiger partial charge in [0.2, 0.25) is 0 Å². The molecule has 2 heterocycles. The van der Waals surface area contributed by atoms with Crippen molar-refractivity contribution >= 4 is 6.09 Å². The van der Waals surface area contributed by atoms with Crippen molar-refractivity contribution in [1.29, 1.82) is 0 Å². The summed E-state index contributed by atoms with van der Waals surface area (Å²) in [6.07, 6.45) is -0.198. The molecular formula is C9H17N3O2. The second-order valence-corrected chi connectivity index (χ2v) is 3.81. The number of methoxy groups -OCH3 is 1. The van der Waals surface area contributed by atoms with E-state index in [1.807, 2.05) is 0 Å². The van der Waals surface area contributed by atoms with Gasteiger partial charge in [-0.3, -0.25) is 4.90 Å². The maximum absolute atomic E-state index is 11.1. The third kappa shape index (κ3) is 1.83. The van der Waals surface area contributed by atoms with Crippen molar-refractivity contribution in [1.82, 2.24) is 15.1 Å². The van der Waals surface area contributed by atoms with Gasteiger partial charge in [-0.05, 0) is 0 Å². The van der Waals surface area contributed by atoms with Crippen LogP contribution in [0.2, 0.25) is 0 Å². The van der Waals surface area contributed by atoms with Gasteiger partial charge >= 0.3 is 6.09 Å². The Morgan fingerprint density at radius 1 is 1.36 bits per heavy atom. The normalized spacial score (nSPS) is 24.5. The Bertz CT molecular complexity index is 210. The fourth-order valence-corrected chi connectivity index (χ4v) is 2.01. The minimum atomic E-state index is -0.198. The molecule has 2 rings (SSSR count). The van der Waals surface area contributed by atoms with Crippen LogP contribution in [-0.4, -0.2) is 68.3 Å². The minimum absolute atomic E-state index is 0.198. The molecule has 0 unspecified atom stereocenters. The van der Waals surface area contributed by atoms with Gasteiger partial charge in [0, 0.05) is 45.3 Å². The Kier molecular flexibility index (Phi) is 2.88. The quantitative estimate of drug-likeness (QED) is 0.609. The van der Waals surface area contributed by atoms with Gasteiger partial charge in [-0.15, -0.1) is 0 Å². The summed E-state index contributed by atoms with van der Waals surface area (Å²) in [5, 5.41) is 3.32. The summed E-state index contributed by atoms with van der Waals surface area (Å²) in [6, 6.07) is 0.552. The maximum atomic E-state index is 11.1. The van der Waals surface area contributed by atoms with Crippen LogP contribution in [0, 0.1) is 0 Å². The van der Waals surface area contributed by atoms with Crippen LogP contribution in [0.25, 0.3) is 0 Å². The van der Waals surface area contributed by atoms with Gasteiger partial charge < -0.3 is 15.0 Å². The second kappa shape index (κ2) is 4.14. The summed E-state index contributed by atoms with van der Waals surface area (Å²) in [7, 11) is 1.43. The molecule has 5 heteroatoms. The van der Waals surface area contributed by atoms with Gasteiger partial charge in [-0.25, -0.2) is 4.79 Å². The molecule has 0 radical (unpaired) electrons. The Labute approximate surface area is 84.0 Å². The molecule has 0 spiro atoms. The number of nitrogens with zero attached hydrogens (tertiary/aromatic N) is 2. The number of amides is 1. The Hall–Kier alpha value is -0.810. The van der Waals surface area contributed by atoms with E-state index >= 15 is 0 Å². The van der Waals surface area contributed by atoms with Crippen LogP contribution in [0.15, 0.2) is 0 Å². The Morgan fingerprint density at radius 2 is 2.00 bits per heavy atom. The number of nitrogens with one attached hydrogen (secondary N) is 1. The third-order valence-electron chi connectivity index (χ3n) is 2.96. The molecular weight excluding hydrogens is 182 g/mol. The van der Waals surface area contributed by atoms with Crippen LogP contribution in [0.3, 0.4) is 0 Å². The first kappa shape index (κ1) is 9.73. The summed E-state index contributed by atoms with van der Waals surface area (Å²) in [4.78, 5) is 15.3. The van der Waals surface area contributed by atoms with Crippen LogP contribution in [0.4, 0.5) is 4.79 Å². The van der Waals surface area contributed by atoms with Gasteiger partial charge in [0.05, 0.1) is 7.11 Å². The van der Waals surface area contributed by atoms with Crippen LogP contribution >= 0.6 is 0 Å². The van der Waals surface area contributed by atoms with E-state index in [4.69, 9.17) is 0 Å². The molecule has 2 saturated heterocycles. The molecule has 1 amide bonds. The number of hydrogen-bond acceptors (Lipinski definition) is 4. The highest BCUT2D eigenvalue weighted by molar-refractivity contribution is 5.68. The largest absolute Gasteiger partial charge is 0.453 e. The molecule has 5 nitrogen and oxygen atoms in total. The zero-order chi connectivity index (χ0) is 9.97. The van der Waals surface area contributed by atoms with Crippen LogP contribution < -0.4 is 5.32 Å². The molecule has 2 fully saturated rings. The highest BCUT2D eigenvalue weighted by atomic mass is 16.5. The smallest absolute Gasteiger partial charge is 0.409 e. The topological polar surface area (TPSA) is 44.8 Å². The van der Waals surface area contributed by atoms with Crippen molar-refractivity contribution in [3.8, 4) is 0 Å². The molecule has 0 aromatic rings. The number of ether oxygens (including phenoxy) is 1. The molecule has 0 aliphatic carbocycles. The lowest BCUT2D eigenvalue weighted by atomic mass is 10.1. The number of carbonyl (C=O) groups is 1. The summed E-state index contributed by atoms with van der Waals surface area (Å²) in [5.74, 6) is 0. The van der Waals surface area contributed by atoms with E-state index in [1.54, 1.807) is 4.90 Å². The van der Waals surface area contributed by atoms with Gasteiger partial charge in [0.15, 0.2) is 0 Å². The van der Waals surface area contributed by atoms with Gasteiger partial charge in [-0.2, -0.15) is 0 Å². The van der Waals surface area contributed by atoms with Crippen molar-refractivity contribution < 1.29 is 9.53 Å². The van der Waals surface area contributed by atoms with E-state index in [2.05, 4.69) is 15.0 Å². The first-order valence-electron chi connectivity index (χ1n) is 5.09. The van der Waals surface area contributed by atoms with Crippen molar-refractivity contribution in [2.24, 2.45) is 0 Å². The minimum Gasteiger partial charge on any atom is -0.453 e. The highest BCUT2D eigenvalue weighted by Crippen LogP contribution is 2.15. The molecule has 0 aromatic carbocycles. The number of piperazine rings is 1. The predicted octanol–water partition coefficient (Wildman–Crippen LogP) is -0.658. The molecule has 0 bridgehead atoms. The first-order chi connectivity index (χ1) is 6.81. The van der Waals surface area contributed by atoms with E-state index < -0.39 is 0 Å². The predicted molar refractivity (Wildman–Crippen MR) is 52.2 cm³/mol. The second-order valence-electron chi connectivity index (χ2n) is 3.81. The molecule has 2 aliphatic heterocycles. The average Bonchev–Trinajstić information content (AvgIpc) is 2.17. The summed E-state index contributed by atoms with van der Waals surface area (Å²) in [5.41, 5.74) is 0. The maximum Gasteiger partial charge on any atom is 0.409 e. The van der Waals surface area contributed by atoms with Crippen LogP contribution in [0.5, 0.6) is 0 Å². The van der Waals surface area contributed by atoms with Crippen molar-refractivity contribution in [2.45, 2.75) is 6.04 Å². The molecule has 80 valence electrons. The van der Waals surface area contributed by atoms with E-state index in [9.17, 15) is 4.79 Å². The fourth-order valence-electron chi connectivity index (χ4n) is 2.01.